The summed E-state index contributed by atoms with van der Waals surface area (Å²) in [7, 11) is 0. The van der Waals surface area contributed by atoms with E-state index in [-0.39, 0.29) is 12.3 Å². The van der Waals surface area contributed by atoms with Gasteiger partial charge in [-0.3, -0.25) is 9.78 Å². The molecule has 0 fully saturated rings. The van der Waals surface area contributed by atoms with Crippen molar-refractivity contribution in [3.63, 3.8) is 0 Å². The Kier molecular flexibility index (Phi) is 4.75. The number of hydrogen-bond donors (Lipinski definition) is 2. The molecule has 0 atom stereocenters. The molecule has 0 saturated carbocycles. The van der Waals surface area contributed by atoms with Crippen molar-refractivity contribution < 1.29 is 4.79 Å². The Morgan fingerprint density at radius 3 is 2.74 bits per heavy atom. The largest absolute Gasteiger partial charge is 0.326 e. The van der Waals surface area contributed by atoms with Crippen LogP contribution in [0.25, 0.3) is 10.6 Å². The Morgan fingerprint density at radius 1 is 1.22 bits per heavy atom. The molecule has 5 nitrogen and oxygen atoms in total. The second kappa shape index (κ2) is 7.13. The summed E-state index contributed by atoms with van der Waals surface area (Å²) < 4.78 is 0. The lowest BCUT2D eigenvalue weighted by atomic mass is 10.1. The van der Waals surface area contributed by atoms with Crippen LogP contribution in [0.2, 0.25) is 0 Å². The highest BCUT2D eigenvalue weighted by Gasteiger charge is 2.09. The topological polar surface area (TPSA) is 80.9 Å². The molecule has 1 amide bonds. The number of pyridine rings is 1. The van der Waals surface area contributed by atoms with Crippen molar-refractivity contribution in [3.05, 3.63) is 65.4 Å². The molecule has 0 bridgehead atoms. The van der Waals surface area contributed by atoms with Crippen LogP contribution < -0.4 is 11.1 Å². The average Bonchev–Trinajstić information content (AvgIpc) is 3.04. The fraction of sp³-hybridized carbons (Fsp3) is 0.118. The number of rotatable bonds is 5. The Balaban J connectivity index is 1.65. The van der Waals surface area contributed by atoms with Crippen molar-refractivity contribution in [1.82, 2.24) is 9.97 Å². The number of anilines is 1. The van der Waals surface area contributed by atoms with Crippen LogP contribution in [0.3, 0.4) is 0 Å². The van der Waals surface area contributed by atoms with Crippen LogP contribution in [0.1, 0.15) is 11.3 Å². The zero-order chi connectivity index (χ0) is 16.1. The maximum absolute atomic E-state index is 12.0. The van der Waals surface area contributed by atoms with Gasteiger partial charge in [0.1, 0.15) is 5.01 Å². The molecule has 0 aliphatic heterocycles. The van der Waals surface area contributed by atoms with Crippen LogP contribution in [0.5, 0.6) is 0 Å². The molecule has 116 valence electrons. The number of carbonyl (C=O) groups excluding carboxylic acids is 1. The molecule has 0 aliphatic rings. The van der Waals surface area contributed by atoms with Gasteiger partial charge in [0.05, 0.1) is 24.0 Å². The highest BCUT2D eigenvalue weighted by Crippen LogP contribution is 2.24. The Bertz CT molecular complexity index is 784. The second-order valence-electron chi connectivity index (χ2n) is 5.01. The van der Waals surface area contributed by atoms with Crippen molar-refractivity contribution in [2.75, 3.05) is 5.32 Å². The minimum atomic E-state index is -0.103. The highest BCUT2D eigenvalue weighted by molar-refractivity contribution is 7.13. The second-order valence-corrected chi connectivity index (χ2v) is 5.87. The van der Waals surface area contributed by atoms with E-state index in [0.29, 0.717) is 12.2 Å². The van der Waals surface area contributed by atoms with E-state index >= 15 is 0 Å². The number of nitrogens with two attached hydrogens (primary N) is 1. The summed E-state index contributed by atoms with van der Waals surface area (Å²) in [6.45, 7) is 0.526. The van der Waals surface area contributed by atoms with Gasteiger partial charge in [0.25, 0.3) is 0 Å². The van der Waals surface area contributed by atoms with Crippen LogP contribution in [0.4, 0.5) is 5.69 Å². The van der Waals surface area contributed by atoms with Crippen LogP contribution >= 0.6 is 11.3 Å². The van der Waals surface area contributed by atoms with E-state index in [4.69, 9.17) is 5.73 Å². The zero-order valence-electron chi connectivity index (χ0n) is 12.4. The minimum Gasteiger partial charge on any atom is -0.326 e. The summed E-state index contributed by atoms with van der Waals surface area (Å²) >= 11 is 1.53. The molecule has 3 aromatic rings. The molecular weight excluding hydrogens is 308 g/mol. The molecule has 3 rings (SSSR count). The SMILES string of the molecule is NCc1ccc(-c2nc(CC(=O)Nc3cccnc3)cs2)cc1. The fourth-order valence-corrected chi connectivity index (χ4v) is 2.94. The molecule has 0 spiro atoms. The van der Waals surface area contributed by atoms with Gasteiger partial charge in [-0.05, 0) is 17.7 Å². The molecule has 3 N–H and O–H groups in total. The maximum atomic E-state index is 12.0. The number of hydrogen-bond acceptors (Lipinski definition) is 5. The summed E-state index contributed by atoms with van der Waals surface area (Å²) in [5.41, 5.74) is 9.16. The predicted octanol–water partition coefficient (Wildman–Crippen LogP) is 2.85. The number of carbonyl (C=O) groups is 1. The quantitative estimate of drug-likeness (QED) is 0.756. The Hall–Kier alpha value is -2.57. The minimum absolute atomic E-state index is 0.103. The number of nitrogens with one attached hydrogen (secondary N) is 1. The first-order valence-corrected chi connectivity index (χ1v) is 8.06. The van der Waals surface area contributed by atoms with Crippen LogP contribution in [-0.4, -0.2) is 15.9 Å². The van der Waals surface area contributed by atoms with E-state index in [1.807, 2.05) is 29.6 Å². The maximum Gasteiger partial charge on any atom is 0.230 e. The molecule has 1 aromatic carbocycles. The lowest BCUT2D eigenvalue weighted by Gasteiger charge is -2.02. The number of amides is 1. The van der Waals surface area contributed by atoms with Gasteiger partial charge in [0, 0.05) is 23.7 Å². The smallest absolute Gasteiger partial charge is 0.230 e. The first-order chi connectivity index (χ1) is 11.2. The molecule has 0 unspecified atom stereocenters. The van der Waals surface area contributed by atoms with Crippen molar-refractivity contribution in [1.29, 1.82) is 0 Å². The summed E-state index contributed by atoms with van der Waals surface area (Å²) in [6.07, 6.45) is 3.52. The Morgan fingerprint density at radius 2 is 2.04 bits per heavy atom. The lowest BCUT2D eigenvalue weighted by molar-refractivity contribution is -0.115. The average molecular weight is 324 g/mol. The first-order valence-electron chi connectivity index (χ1n) is 7.18. The molecule has 23 heavy (non-hydrogen) atoms. The van der Waals surface area contributed by atoms with Crippen LogP contribution in [-0.2, 0) is 17.8 Å². The van der Waals surface area contributed by atoms with Gasteiger partial charge < -0.3 is 11.1 Å². The van der Waals surface area contributed by atoms with Crippen LogP contribution in [0, 0.1) is 0 Å². The lowest BCUT2D eigenvalue weighted by Crippen LogP contribution is -2.14. The number of thiazole rings is 1. The third-order valence-electron chi connectivity index (χ3n) is 3.28. The molecule has 2 heterocycles. The third-order valence-corrected chi connectivity index (χ3v) is 4.22. The van der Waals surface area contributed by atoms with E-state index in [1.165, 1.54) is 11.3 Å². The summed E-state index contributed by atoms with van der Waals surface area (Å²) in [5, 5.41) is 5.62. The van der Waals surface area contributed by atoms with Gasteiger partial charge in [0.2, 0.25) is 5.91 Å². The standard InChI is InChI=1S/C17H16N4OS/c18-9-12-3-5-13(6-4-12)17-21-15(11-23-17)8-16(22)20-14-2-1-7-19-10-14/h1-7,10-11H,8-9,18H2,(H,20,22). The predicted molar refractivity (Wildman–Crippen MR) is 92.0 cm³/mol. The van der Waals surface area contributed by atoms with Gasteiger partial charge >= 0.3 is 0 Å². The number of aromatic nitrogens is 2. The molecule has 0 aliphatic carbocycles. The van der Waals surface area contributed by atoms with E-state index in [0.717, 1.165) is 21.8 Å². The van der Waals surface area contributed by atoms with Gasteiger partial charge in [-0.15, -0.1) is 11.3 Å². The van der Waals surface area contributed by atoms with Crippen molar-refractivity contribution in [2.24, 2.45) is 5.73 Å². The number of nitrogens with zero attached hydrogens (tertiary/aromatic N) is 2. The van der Waals surface area contributed by atoms with E-state index in [9.17, 15) is 4.79 Å². The summed E-state index contributed by atoms with van der Waals surface area (Å²) in [4.78, 5) is 20.5. The summed E-state index contributed by atoms with van der Waals surface area (Å²) in [5.74, 6) is -0.103. The molecular formula is C17H16N4OS. The van der Waals surface area contributed by atoms with E-state index in [1.54, 1.807) is 24.5 Å². The summed E-state index contributed by atoms with van der Waals surface area (Å²) in [6, 6.07) is 11.6. The normalized spacial score (nSPS) is 10.5. The monoisotopic (exact) mass is 324 g/mol. The van der Waals surface area contributed by atoms with Gasteiger partial charge in [-0.1, -0.05) is 24.3 Å². The van der Waals surface area contributed by atoms with E-state index < -0.39 is 0 Å². The van der Waals surface area contributed by atoms with Crippen molar-refractivity contribution in [3.8, 4) is 10.6 Å². The highest BCUT2D eigenvalue weighted by atomic mass is 32.1. The van der Waals surface area contributed by atoms with Crippen LogP contribution in [0.15, 0.2) is 54.2 Å². The molecule has 0 radical (unpaired) electrons. The van der Waals surface area contributed by atoms with Crippen molar-refractivity contribution in [2.45, 2.75) is 13.0 Å². The molecule has 0 saturated heterocycles. The first kappa shape index (κ1) is 15.3. The zero-order valence-corrected chi connectivity index (χ0v) is 13.2. The molecule has 6 heteroatoms. The van der Waals surface area contributed by atoms with Gasteiger partial charge in [-0.25, -0.2) is 4.98 Å². The van der Waals surface area contributed by atoms with Crippen molar-refractivity contribution >= 4 is 22.9 Å². The molecule has 2 aromatic heterocycles. The van der Waals surface area contributed by atoms with Gasteiger partial charge in [0.15, 0.2) is 0 Å². The Labute approximate surface area is 138 Å². The van der Waals surface area contributed by atoms with E-state index in [2.05, 4.69) is 15.3 Å². The fourth-order valence-electron chi connectivity index (χ4n) is 2.11. The van der Waals surface area contributed by atoms with Gasteiger partial charge in [-0.2, -0.15) is 0 Å². The third kappa shape index (κ3) is 4.00. The number of benzene rings is 1.